The lowest BCUT2D eigenvalue weighted by molar-refractivity contribution is 1.13. The number of hydrogen-bond donors (Lipinski definition) is 1. The van der Waals surface area contributed by atoms with Crippen LogP contribution in [0.2, 0.25) is 5.15 Å². The van der Waals surface area contributed by atoms with Crippen LogP contribution in [-0.4, -0.2) is 4.98 Å². The van der Waals surface area contributed by atoms with Gasteiger partial charge in [-0.15, -0.1) is 0 Å². The minimum atomic E-state index is 0.502. The summed E-state index contributed by atoms with van der Waals surface area (Å²) >= 11 is 12.6. The van der Waals surface area contributed by atoms with Crippen LogP contribution in [0.15, 0.2) is 45.5 Å². The molecule has 17 heavy (non-hydrogen) atoms. The predicted octanol–water partition coefficient (Wildman–Crippen LogP) is 4.87. The topological polar surface area (TPSA) is 24.9 Å². The van der Waals surface area contributed by atoms with E-state index in [0.717, 1.165) is 21.2 Å². The molecule has 1 heterocycles. The fourth-order valence-corrected chi connectivity index (χ4v) is 2.12. The molecule has 0 saturated heterocycles. The molecule has 0 aliphatic rings. The van der Waals surface area contributed by atoms with Crippen LogP contribution in [0.25, 0.3) is 0 Å². The highest BCUT2D eigenvalue weighted by Gasteiger charge is 1.99. The largest absolute Gasteiger partial charge is 0.380 e. The molecule has 0 amide bonds. The third-order valence-corrected chi connectivity index (χ3v) is 4.31. The molecule has 1 aromatic carbocycles. The van der Waals surface area contributed by atoms with Gasteiger partial charge in [-0.3, -0.25) is 0 Å². The molecular weight excluding hydrogens is 367 g/mol. The van der Waals surface area contributed by atoms with Crippen LogP contribution in [-0.2, 0) is 6.54 Å². The standard InChI is InChI=1S/C12H9Br2ClN2/c13-10-3-1-8(5-11(10)14)6-16-9-2-4-12(15)17-7-9/h1-5,7,16H,6H2. The fourth-order valence-electron chi connectivity index (χ4n) is 1.33. The number of halogens is 3. The van der Waals surface area contributed by atoms with E-state index in [1.807, 2.05) is 12.1 Å². The maximum Gasteiger partial charge on any atom is 0.129 e. The van der Waals surface area contributed by atoms with Crippen molar-refractivity contribution in [2.24, 2.45) is 0 Å². The van der Waals surface area contributed by atoms with Crippen molar-refractivity contribution in [2.45, 2.75) is 6.54 Å². The third kappa shape index (κ3) is 3.69. The normalized spacial score (nSPS) is 10.3. The average Bonchev–Trinajstić information content (AvgIpc) is 2.33. The molecule has 0 aliphatic heterocycles. The van der Waals surface area contributed by atoms with E-state index in [1.54, 1.807) is 12.3 Å². The second-order valence-corrected chi connectivity index (χ2v) is 5.57. The van der Waals surface area contributed by atoms with Crippen molar-refractivity contribution < 1.29 is 0 Å². The number of nitrogens with one attached hydrogen (secondary N) is 1. The minimum Gasteiger partial charge on any atom is -0.380 e. The van der Waals surface area contributed by atoms with Gasteiger partial charge in [0.25, 0.3) is 0 Å². The summed E-state index contributed by atoms with van der Waals surface area (Å²) in [6.45, 7) is 0.745. The Morgan fingerprint density at radius 1 is 1.12 bits per heavy atom. The summed E-state index contributed by atoms with van der Waals surface area (Å²) in [5.74, 6) is 0. The molecule has 2 rings (SSSR count). The molecular formula is C12H9Br2ClN2. The van der Waals surface area contributed by atoms with Gasteiger partial charge in [-0.25, -0.2) is 4.98 Å². The zero-order valence-electron chi connectivity index (χ0n) is 8.75. The van der Waals surface area contributed by atoms with Gasteiger partial charge in [-0.05, 0) is 61.7 Å². The van der Waals surface area contributed by atoms with Gasteiger partial charge in [0.1, 0.15) is 5.15 Å². The molecule has 0 atom stereocenters. The third-order valence-electron chi connectivity index (χ3n) is 2.21. The number of aromatic nitrogens is 1. The van der Waals surface area contributed by atoms with E-state index >= 15 is 0 Å². The summed E-state index contributed by atoms with van der Waals surface area (Å²) in [5.41, 5.74) is 2.14. The first-order valence-electron chi connectivity index (χ1n) is 4.94. The number of nitrogens with zero attached hydrogens (tertiary/aromatic N) is 1. The van der Waals surface area contributed by atoms with E-state index < -0.39 is 0 Å². The van der Waals surface area contributed by atoms with Crippen molar-refractivity contribution in [2.75, 3.05) is 5.32 Å². The van der Waals surface area contributed by atoms with Crippen molar-refractivity contribution in [3.63, 3.8) is 0 Å². The van der Waals surface area contributed by atoms with Crippen molar-refractivity contribution in [3.8, 4) is 0 Å². The zero-order valence-corrected chi connectivity index (χ0v) is 12.7. The van der Waals surface area contributed by atoms with Crippen LogP contribution >= 0.6 is 43.5 Å². The molecule has 0 aliphatic carbocycles. The molecule has 0 fully saturated rings. The van der Waals surface area contributed by atoms with Crippen LogP contribution in [0.4, 0.5) is 5.69 Å². The van der Waals surface area contributed by atoms with Crippen molar-refractivity contribution in [1.29, 1.82) is 0 Å². The number of pyridine rings is 1. The van der Waals surface area contributed by atoms with Gasteiger partial charge in [0.15, 0.2) is 0 Å². The first-order chi connectivity index (χ1) is 8.15. The lowest BCUT2D eigenvalue weighted by Crippen LogP contribution is -1.99. The maximum atomic E-state index is 5.72. The summed E-state index contributed by atoms with van der Waals surface area (Å²) in [4.78, 5) is 4.01. The molecule has 2 aromatic rings. The summed E-state index contributed by atoms with van der Waals surface area (Å²) in [7, 11) is 0. The van der Waals surface area contributed by atoms with Crippen LogP contribution in [0.5, 0.6) is 0 Å². The predicted molar refractivity (Wildman–Crippen MR) is 78.4 cm³/mol. The second-order valence-electron chi connectivity index (χ2n) is 3.47. The molecule has 88 valence electrons. The SMILES string of the molecule is Clc1ccc(NCc2ccc(Br)c(Br)c2)cn1. The zero-order chi connectivity index (χ0) is 12.3. The quantitative estimate of drug-likeness (QED) is 0.773. The first-order valence-corrected chi connectivity index (χ1v) is 6.91. The fraction of sp³-hybridized carbons (Fsp3) is 0.0833. The van der Waals surface area contributed by atoms with E-state index in [2.05, 4.69) is 54.3 Å². The van der Waals surface area contributed by atoms with Gasteiger partial charge in [0.2, 0.25) is 0 Å². The first kappa shape index (κ1) is 12.9. The van der Waals surface area contributed by atoms with Crippen LogP contribution in [0.3, 0.4) is 0 Å². The number of hydrogen-bond acceptors (Lipinski definition) is 2. The van der Waals surface area contributed by atoms with Crippen LogP contribution < -0.4 is 5.32 Å². The molecule has 5 heteroatoms. The Bertz CT molecular complexity index is 514. The van der Waals surface area contributed by atoms with E-state index in [4.69, 9.17) is 11.6 Å². The van der Waals surface area contributed by atoms with Gasteiger partial charge in [0.05, 0.1) is 11.9 Å². The van der Waals surface area contributed by atoms with Gasteiger partial charge >= 0.3 is 0 Å². The summed E-state index contributed by atoms with van der Waals surface area (Å²) in [6, 6.07) is 9.82. The van der Waals surface area contributed by atoms with Gasteiger partial charge in [-0.1, -0.05) is 17.7 Å². The monoisotopic (exact) mass is 374 g/mol. The Morgan fingerprint density at radius 2 is 1.94 bits per heavy atom. The average molecular weight is 376 g/mol. The van der Waals surface area contributed by atoms with Crippen molar-refractivity contribution >= 4 is 49.1 Å². The Balaban J connectivity index is 2.02. The molecule has 1 aromatic heterocycles. The highest BCUT2D eigenvalue weighted by Crippen LogP contribution is 2.24. The highest BCUT2D eigenvalue weighted by molar-refractivity contribution is 9.13. The maximum absolute atomic E-state index is 5.72. The van der Waals surface area contributed by atoms with E-state index in [9.17, 15) is 0 Å². The van der Waals surface area contributed by atoms with Gasteiger partial charge in [0, 0.05) is 15.5 Å². The molecule has 0 saturated carbocycles. The van der Waals surface area contributed by atoms with Crippen molar-refractivity contribution in [1.82, 2.24) is 4.98 Å². The number of benzene rings is 1. The summed E-state index contributed by atoms with van der Waals surface area (Å²) in [6.07, 6.45) is 1.72. The lowest BCUT2D eigenvalue weighted by atomic mass is 10.2. The Labute approximate surface area is 122 Å². The molecule has 0 unspecified atom stereocenters. The van der Waals surface area contributed by atoms with Crippen molar-refractivity contribution in [3.05, 3.63) is 56.2 Å². The smallest absolute Gasteiger partial charge is 0.129 e. The Hall–Kier alpha value is -0.580. The van der Waals surface area contributed by atoms with E-state index in [1.165, 1.54) is 5.56 Å². The minimum absolute atomic E-state index is 0.502. The van der Waals surface area contributed by atoms with Crippen LogP contribution in [0, 0.1) is 0 Å². The lowest BCUT2D eigenvalue weighted by Gasteiger charge is -2.07. The summed E-state index contributed by atoms with van der Waals surface area (Å²) in [5, 5.41) is 3.78. The number of anilines is 1. The molecule has 0 radical (unpaired) electrons. The highest BCUT2D eigenvalue weighted by atomic mass is 79.9. The molecule has 0 bridgehead atoms. The Morgan fingerprint density at radius 3 is 2.59 bits per heavy atom. The van der Waals surface area contributed by atoms with Crippen LogP contribution in [0.1, 0.15) is 5.56 Å². The molecule has 2 nitrogen and oxygen atoms in total. The Kier molecular flexibility index (Phi) is 4.42. The van der Waals surface area contributed by atoms with E-state index in [0.29, 0.717) is 5.15 Å². The second kappa shape index (κ2) is 5.85. The van der Waals surface area contributed by atoms with Gasteiger partial charge in [-0.2, -0.15) is 0 Å². The summed E-state index contributed by atoms with van der Waals surface area (Å²) < 4.78 is 2.10. The molecule has 0 spiro atoms. The van der Waals surface area contributed by atoms with Gasteiger partial charge < -0.3 is 5.32 Å². The van der Waals surface area contributed by atoms with E-state index in [-0.39, 0.29) is 0 Å². The molecule has 1 N–H and O–H groups in total. The number of rotatable bonds is 3.